The Kier molecular flexibility index (Phi) is 9.65. The van der Waals surface area contributed by atoms with E-state index >= 15 is 0 Å². The largest absolute Gasteiger partial charge is 0.321 e. The summed E-state index contributed by atoms with van der Waals surface area (Å²) >= 11 is 0. The van der Waals surface area contributed by atoms with Gasteiger partial charge in [-0.05, 0) is 60.6 Å². The first-order chi connectivity index (χ1) is 13.2. The Morgan fingerprint density at radius 2 is 1.37 bits per heavy atom. The minimum Gasteiger partial charge on any atom is -0.321 e. The van der Waals surface area contributed by atoms with Crippen molar-refractivity contribution in [3.8, 4) is 0 Å². The van der Waals surface area contributed by atoms with Crippen LogP contribution < -0.4 is 5.84 Å². The van der Waals surface area contributed by atoms with Crippen LogP contribution in [0.3, 0.4) is 0 Å². The number of hydrogen-bond donors (Lipinski definition) is 1. The molecule has 0 amide bonds. The lowest BCUT2D eigenvalue weighted by molar-refractivity contribution is 0.599. The average Bonchev–Trinajstić information content (AvgIpc) is 3.04. The molecule has 152 valence electrons. The van der Waals surface area contributed by atoms with Crippen molar-refractivity contribution >= 4 is 11.0 Å². The highest BCUT2D eigenvalue weighted by molar-refractivity contribution is 5.80. The van der Waals surface area contributed by atoms with Crippen molar-refractivity contribution in [2.45, 2.75) is 111 Å². The molecule has 4 nitrogen and oxygen atoms in total. The quantitative estimate of drug-likeness (QED) is 0.314. The Labute approximate surface area is 165 Å². The number of nitrogens with zero attached hydrogens (tertiary/aromatic N) is 3. The van der Waals surface area contributed by atoms with Gasteiger partial charge in [-0.3, -0.25) is 0 Å². The standard InChI is InChI=1S/C23H40N4/c1-4-6-8-10-12-14-16-20-18-22-23(25-26-27(22)24)19(3)21(20)17-15-13-11-9-7-5-2/h18H,4-17,24H2,1-3H3. The molecule has 4 heteroatoms. The summed E-state index contributed by atoms with van der Waals surface area (Å²) in [6.07, 6.45) is 18.3. The lowest BCUT2D eigenvalue weighted by atomic mass is 9.92. The van der Waals surface area contributed by atoms with E-state index in [-0.39, 0.29) is 0 Å². The molecule has 0 atom stereocenters. The van der Waals surface area contributed by atoms with E-state index in [1.165, 1.54) is 98.5 Å². The second-order valence-corrected chi connectivity index (χ2v) is 8.08. The molecular weight excluding hydrogens is 332 g/mol. The predicted octanol–water partition coefficient (Wildman–Crippen LogP) is 6.26. The highest BCUT2D eigenvalue weighted by Crippen LogP contribution is 2.27. The van der Waals surface area contributed by atoms with Gasteiger partial charge >= 0.3 is 0 Å². The second kappa shape index (κ2) is 12.0. The highest BCUT2D eigenvalue weighted by Gasteiger charge is 2.14. The molecule has 0 unspecified atom stereocenters. The van der Waals surface area contributed by atoms with Crippen LogP contribution in [0.2, 0.25) is 0 Å². The molecular formula is C23H40N4. The fraction of sp³-hybridized carbons (Fsp3) is 0.739. The Balaban J connectivity index is 2.01. The maximum absolute atomic E-state index is 5.98. The van der Waals surface area contributed by atoms with Gasteiger partial charge in [0.15, 0.2) is 0 Å². The first-order valence-corrected chi connectivity index (χ1v) is 11.3. The third-order valence-electron chi connectivity index (χ3n) is 5.82. The van der Waals surface area contributed by atoms with E-state index in [0.29, 0.717) is 0 Å². The van der Waals surface area contributed by atoms with Crippen LogP contribution in [-0.4, -0.2) is 15.1 Å². The van der Waals surface area contributed by atoms with Gasteiger partial charge in [-0.25, -0.2) is 0 Å². The van der Waals surface area contributed by atoms with E-state index in [9.17, 15) is 0 Å². The summed E-state index contributed by atoms with van der Waals surface area (Å²) in [5.74, 6) is 5.98. The van der Waals surface area contributed by atoms with E-state index in [1.54, 1.807) is 0 Å². The molecule has 0 bridgehead atoms. The van der Waals surface area contributed by atoms with Crippen molar-refractivity contribution in [2.75, 3.05) is 5.84 Å². The molecule has 2 N–H and O–H groups in total. The summed E-state index contributed by atoms with van der Waals surface area (Å²) in [4.78, 5) is 1.43. The molecule has 0 aliphatic carbocycles. The number of rotatable bonds is 14. The summed E-state index contributed by atoms with van der Waals surface area (Å²) < 4.78 is 0. The van der Waals surface area contributed by atoms with Crippen LogP contribution >= 0.6 is 0 Å². The van der Waals surface area contributed by atoms with E-state index in [4.69, 9.17) is 5.84 Å². The molecule has 2 rings (SSSR count). The first kappa shape index (κ1) is 21.7. The van der Waals surface area contributed by atoms with Crippen molar-refractivity contribution in [2.24, 2.45) is 0 Å². The van der Waals surface area contributed by atoms with Crippen LogP contribution in [0.25, 0.3) is 11.0 Å². The Hall–Kier alpha value is -1.58. The van der Waals surface area contributed by atoms with Crippen molar-refractivity contribution < 1.29 is 0 Å². The van der Waals surface area contributed by atoms with E-state index < -0.39 is 0 Å². The Bertz CT molecular complexity index is 675. The molecule has 0 aliphatic heterocycles. The average molecular weight is 373 g/mol. The first-order valence-electron chi connectivity index (χ1n) is 11.3. The Morgan fingerprint density at radius 3 is 2.00 bits per heavy atom. The van der Waals surface area contributed by atoms with Gasteiger partial charge in [-0.2, -0.15) is 4.79 Å². The lowest BCUT2D eigenvalue weighted by Crippen LogP contribution is -2.10. The molecule has 2 aromatic rings. The molecule has 0 radical (unpaired) electrons. The van der Waals surface area contributed by atoms with Crippen LogP contribution in [0, 0.1) is 6.92 Å². The van der Waals surface area contributed by atoms with Gasteiger partial charge < -0.3 is 5.84 Å². The van der Waals surface area contributed by atoms with Gasteiger partial charge in [-0.15, -0.1) is 5.10 Å². The monoisotopic (exact) mass is 372 g/mol. The summed E-state index contributed by atoms with van der Waals surface area (Å²) in [5, 5.41) is 8.35. The van der Waals surface area contributed by atoms with Gasteiger partial charge in [0.05, 0.1) is 0 Å². The third-order valence-corrected chi connectivity index (χ3v) is 5.82. The van der Waals surface area contributed by atoms with E-state index in [1.807, 2.05) is 0 Å². The molecule has 0 saturated heterocycles. The van der Waals surface area contributed by atoms with Gasteiger partial charge in [0.2, 0.25) is 0 Å². The molecule has 1 aromatic heterocycles. The van der Waals surface area contributed by atoms with Crippen molar-refractivity contribution in [1.82, 2.24) is 15.1 Å². The van der Waals surface area contributed by atoms with Crippen LogP contribution in [-0.2, 0) is 12.8 Å². The fourth-order valence-corrected chi connectivity index (χ4v) is 4.09. The number of unbranched alkanes of at least 4 members (excludes halogenated alkanes) is 10. The lowest BCUT2D eigenvalue weighted by Gasteiger charge is -2.14. The minimum absolute atomic E-state index is 0.972. The van der Waals surface area contributed by atoms with Gasteiger partial charge in [0, 0.05) is 0 Å². The maximum atomic E-state index is 5.98. The summed E-state index contributed by atoms with van der Waals surface area (Å²) in [6.45, 7) is 6.75. The molecule has 0 aliphatic rings. The molecule has 0 spiro atoms. The molecule has 1 heterocycles. The van der Waals surface area contributed by atoms with Gasteiger partial charge in [-0.1, -0.05) is 78.1 Å². The highest BCUT2D eigenvalue weighted by atomic mass is 15.6. The Morgan fingerprint density at radius 1 is 0.815 bits per heavy atom. The van der Waals surface area contributed by atoms with E-state index in [2.05, 4.69) is 37.1 Å². The van der Waals surface area contributed by atoms with Crippen molar-refractivity contribution in [3.05, 3.63) is 22.8 Å². The molecule has 27 heavy (non-hydrogen) atoms. The van der Waals surface area contributed by atoms with Crippen LogP contribution in [0.1, 0.15) is 108 Å². The van der Waals surface area contributed by atoms with Crippen LogP contribution in [0.5, 0.6) is 0 Å². The fourth-order valence-electron chi connectivity index (χ4n) is 4.09. The van der Waals surface area contributed by atoms with Gasteiger partial charge in [0.1, 0.15) is 11.0 Å². The van der Waals surface area contributed by atoms with E-state index in [0.717, 1.165) is 23.9 Å². The predicted molar refractivity (Wildman–Crippen MR) is 117 cm³/mol. The smallest absolute Gasteiger partial charge is 0.118 e. The van der Waals surface area contributed by atoms with Crippen LogP contribution in [0.4, 0.5) is 0 Å². The summed E-state index contributed by atoms with van der Waals surface area (Å²) in [5.41, 5.74) is 6.22. The molecule has 0 saturated carbocycles. The van der Waals surface area contributed by atoms with Gasteiger partial charge in [0.25, 0.3) is 0 Å². The SMILES string of the molecule is CCCCCCCCc1cc2c(nnn2N)c(C)c1CCCCCCCC. The number of benzene rings is 1. The number of fused-ring (bicyclic) bond motifs is 1. The maximum Gasteiger partial charge on any atom is 0.118 e. The van der Waals surface area contributed by atoms with Crippen LogP contribution in [0.15, 0.2) is 6.07 Å². The summed E-state index contributed by atoms with van der Waals surface area (Å²) in [6, 6.07) is 2.25. The minimum atomic E-state index is 0.972. The zero-order valence-electron chi connectivity index (χ0n) is 17.9. The zero-order valence-corrected chi connectivity index (χ0v) is 17.9. The van der Waals surface area contributed by atoms with Crippen molar-refractivity contribution in [1.29, 1.82) is 0 Å². The number of nitrogens with two attached hydrogens (primary N) is 1. The number of nitrogen functional groups attached to an aromatic ring is 1. The summed E-state index contributed by atoms with van der Waals surface area (Å²) in [7, 11) is 0. The zero-order chi connectivity index (χ0) is 19.5. The third kappa shape index (κ3) is 6.51. The number of aromatic nitrogens is 3. The normalized spacial score (nSPS) is 11.5. The second-order valence-electron chi connectivity index (χ2n) is 8.08. The van der Waals surface area contributed by atoms with Crippen molar-refractivity contribution in [3.63, 3.8) is 0 Å². The topological polar surface area (TPSA) is 56.7 Å². The number of aryl methyl sites for hydroxylation is 2. The molecule has 1 aromatic carbocycles. The number of hydrogen-bond acceptors (Lipinski definition) is 3. The molecule has 0 fully saturated rings.